The highest BCUT2D eigenvalue weighted by molar-refractivity contribution is 9.09. The van der Waals surface area contributed by atoms with Crippen LogP contribution in [-0.4, -0.2) is 40.9 Å². The number of halogens is 1. The van der Waals surface area contributed by atoms with E-state index in [2.05, 4.69) is 21.0 Å². The molecule has 16 heavy (non-hydrogen) atoms. The van der Waals surface area contributed by atoms with Crippen LogP contribution in [0.4, 0.5) is 0 Å². The smallest absolute Gasteiger partial charge is 0.256 e. The van der Waals surface area contributed by atoms with E-state index in [-0.39, 0.29) is 5.03 Å². The van der Waals surface area contributed by atoms with E-state index in [9.17, 15) is 8.42 Å². The summed E-state index contributed by atoms with van der Waals surface area (Å²) in [6.45, 7) is 2.83. The number of rotatable bonds is 6. The molecule has 0 atom stereocenters. The number of sulfonamides is 1. The normalized spacial score (nSPS) is 12.2. The molecule has 0 aliphatic heterocycles. The third-order valence-corrected chi connectivity index (χ3v) is 4.88. The fraction of sp³-hybridized carbons (Fsp3) is 0.667. The molecule has 0 radical (unpaired) electrons. The van der Waals surface area contributed by atoms with Gasteiger partial charge < -0.3 is 0 Å². The van der Waals surface area contributed by atoms with Crippen molar-refractivity contribution >= 4 is 26.0 Å². The van der Waals surface area contributed by atoms with Gasteiger partial charge in [0.25, 0.3) is 10.0 Å². The molecule has 1 heterocycles. The van der Waals surface area contributed by atoms with Crippen LogP contribution >= 0.6 is 15.9 Å². The summed E-state index contributed by atoms with van der Waals surface area (Å²) in [4.78, 5) is 0. The van der Waals surface area contributed by atoms with Crippen LogP contribution in [0.2, 0.25) is 0 Å². The van der Waals surface area contributed by atoms with Gasteiger partial charge in [0.05, 0.1) is 6.20 Å². The summed E-state index contributed by atoms with van der Waals surface area (Å²) in [6.07, 6.45) is 2.29. The first-order chi connectivity index (χ1) is 7.54. The molecule has 0 saturated heterocycles. The minimum absolute atomic E-state index is 0.240. The molecule has 0 amide bonds. The van der Waals surface area contributed by atoms with Gasteiger partial charge in [0.1, 0.15) is 0 Å². The average Bonchev–Trinajstić information content (AvgIpc) is 2.66. The van der Waals surface area contributed by atoms with Crippen molar-refractivity contribution in [3.05, 3.63) is 12.3 Å². The van der Waals surface area contributed by atoms with Gasteiger partial charge in [-0.2, -0.15) is 9.40 Å². The van der Waals surface area contributed by atoms with Crippen molar-refractivity contribution in [2.75, 3.05) is 18.4 Å². The molecule has 1 rings (SSSR count). The molecule has 1 aromatic rings. The molecule has 0 N–H and O–H groups in total. The van der Waals surface area contributed by atoms with Gasteiger partial charge in [-0.15, -0.1) is 0 Å². The molecule has 0 aromatic carbocycles. The Hall–Kier alpha value is -0.400. The molecular formula is C9H16BrN3O2S. The van der Waals surface area contributed by atoms with Gasteiger partial charge in [-0.1, -0.05) is 22.9 Å². The Morgan fingerprint density at radius 1 is 1.56 bits per heavy atom. The van der Waals surface area contributed by atoms with Crippen molar-refractivity contribution in [3.63, 3.8) is 0 Å². The quantitative estimate of drug-likeness (QED) is 0.742. The highest BCUT2D eigenvalue weighted by atomic mass is 79.9. The Labute approximate surface area is 105 Å². The maximum absolute atomic E-state index is 12.2. The SMILES string of the molecule is CCN(CCCBr)S(=O)(=O)c1ccnn1C. The van der Waals surface area contributed by atoms with Crippen molar-refractivity contribution in [1.82, 2.24) is 14.1 Å². The van der Waals surface area contributed by atoms with Crippen LogP contribution < -0.4 is 0 Å². The van der Waals surface area contributed by atoms with Crippen LogP contribution in [0.25, 0.3) is 0 Å². The van der Waals surface area contributed by atoms with E-state index in [4.69, 9.17) is 0 Å². The van der Waals surface area contributed by atoms with Gasteiger partial charge >= 0.3 is 0 Å². The van der Waals surface area contributed by atoms with Gasteiger partial charge in [0.2, 0.25) is 0 Å². The van der Waals surface area contributed by atoms with E-state index < -0.39 is 10.0 Å². The molecule has 0 fully saturated rings. The Morgan fingerprint density at radius 2 is 2.25 bits per heavy atom. The first-order valence-electron chi connectivity index (χ1n) is 5.08. The zero-order valence-corrected chi connectivity index (χ0v) is 11.8. The van der Waals surface area contributed by atoms with E-state index in [0.717, 1.165) is 11.8 Å². The van der Waals surface area contributed by atoms with Gasteiger partial charge in [0, 0.05) is 25.5 Å². The third kappa shape index (κ3) is 2.83. The minimum Gasteiger partial charge on any atom is -0.256 e. The average molecular weight is 310 g/mol. The van der Waals surface area contributed by atoms with Crippen LogP contribution in [0.3, 0.4) is 0 Å². The van der Waals surface area contributed by atoms with Gasteiger partial charge in [-0.3, -0.25) is 4.68 Å². The fourth-order valence-corrected chi connectivity index (χ4v) is 3.27. The molecule has 0 saturated carbocycles. The van der Waals surface area contributed by atoms with E-state index in [1.54, 1.807) is 7.05 Å². The summed E-state index contributed by atoms with van der Waals surface area (Å²) in [5, 5.41) is 4.92. The number of hydrogen-bond donors (Lipinski definition) is 0. The highest BCUT2D eigenvalue weighted by Gasteiger charge is 2.25. The first kappa shape index (κ1) is 13.7. The van der Waals surface area contributed by atoms with Crippen molar-refractivity contribution < 1.29 is 8.42 Å². The molecule has 0 unspecified atom stereocenters. The number of aromatic nitrogens is 2. The van der Waals surface area contributed by atoms with Gasteiger partial charge in [-0.05, 0) is 12.5 Å². The molecular weight excluding hydrogens is 294 g/mol. The van der Waals surface area contributed by atoms with E-state index in [0.29, 0.717) is 13.1 Å². The number of aryl methyl sites for hydroxylation is 1. The van der Waals surface area contributed by atoms with Gasteiger partial charge in [0.15, 0.2) is 5.03 Å². The summed E-state index contributed by atoms with van der Waals surface area (Å²) in [5.41, 5.74) is 0. The monoisotopic (exact) mass is 309 g/mol. The number of hydrogen-bond acceptors (Lipinski definition) is 3. The van der Waals surface area contributed by atoms with Crippen LogP contribution in [0.15, 0.2) is 17.3 Å². The zero-order valence-electron chi connectivity index (χ0n) is 9.43. The van der Waals surface area contributed by atoms with E-state index in [1.165, 1.54) is 21.3 Å². The molecule has 0 aliphatic carbocycles. The van der Waals surface area contributed by atoms with E-state index >= 15 is 0 Å². The molecule has 0 bridgehead atoms. The fourth-order valence-electron chi connectivity index (χ4n) is 1.43. The Bertz CT molecular complexity index is 430. The molecule has 0 aliphatic rings. The second kappa shape index (κ2) is 5.79. The minimum atomic E-state index is -3.40. The van der Waals surface area contributed by atoms with Crippen LogP contribution in [0.5, 0.6) is 0 Å². The summed E-state index contributed by atoms with van der Waals surface area (Å²) in [7, 11) is -1.77. The van der Waals surface area contributed by atoms with Crippen molar-refractivity contribution in [3.8, 4) is 0 Å². The van der Waals surface area contributed by atoms with Crippen molar-refractivity contribution in [2.45, 2.75) is 18.4 Å². The van der Waals surface area contributed by atoms with Crippen molar-refractivity contribution in [1.29, 1.82) is 0 Å². The summed E-state index contributed by atoms with van der Waals surface area (Å²) in [6, 6.07) is 1.52. The molecule has 0 spiro atoms. The third-order valence-electron chi connectivity index (χ3n) is 2.27. The predicted octanol–water partition coefficient (Wildman–Crippen LogP) is 1.22. The predicted molar refractivity (Wildman–Crippen MR) is 66.1 cm³/mol. The summed E-state index contributed by atoms with van der Waals surface area (Å²) in [5.74, 6) is 0. The molecule has 5 nitrogen and oxygen atoms in total. The Balaban J connectivity index is 2.95. The molecule has 1 aromatic heterocycles. The Kier molecular flexibility index (Phi) is 4.94. The number of alkyl halides is 1. The van der Waals surface area contributed by atoms with E-state index in [1.807, 2.05) is 6.92 Å². The van der Waals surface area contributed by atoms with Crippen LogP contribution in [-0.2, 0) is 17.1 Å². The summed E-state index contributed by atoms with van der Waals surface area (Å²) >= 11 is 3.30. The maximum Gasteiger partial charge on any atom is 0.260 e. The standard InChI is InChI=1S/C9H16BrN3O2S/c1-3-13(8-4-6-10)16(14,15)9-5-7-11-12(9)2/h5,7H,3-4,6,8H2,1-2H3. The Morgan fingerprint density at radius 3 is 2.69 bits per heavy atom. The zero-order chi connectivity index (χ0) is 12.2. The van der Waals surface area contributed by atoms with Gasteiger partial charge in [-0.25, -0.2) is 8.42 Å². The summed E-state index contributed by atoms with van der Waals surface area (Å²) < 4.78 is 27.2. The number of nitrogens with zero attached hydrogens (tertiary/aromatic N) is 3. The topological polar surface area (TPSA) is 55.2 Å². The lowest BCUT2D eigenvalue weighted by Gasteiger charge is -2.19. The maximum atomic E-state index is 12.2. The van der Waals surface area contributed by atoms with Crippen LogP contribution in [0, 0.1) is 0 Å². The first-order valence-corrected chi connectivity index (χ1v) is 7.64. The van der Waals surface area contributed by atoms with Crippen LogP contribution in [0.1, 0.15) is 13.3 Å². The molecule has 7 heteroatoms. The lowest BCUT2D eigenvalue weighted by atomic mass is 10.5. The molecule has 92 valence electrons. The van der Waals surface area contributed by atoms with Crippen molar-refractivity contribution in [2.24, 2.45) is 7.05 Å². The lowest BCUT2D eigenvalue weighted by Crippen LogP contribution is -2.33. The highest BCUT2D eigenvalue weighted by Crippen LogP contribution is 2.14. The lowest BCUT2D eigenvalue weighted by molar-refractivity contribution is 0.422. The second-order valence-corrected chi connectivity index (χ2v) is 6.01. The largest absolute Gasteiger partial charge is 0.260 e. The second-order valence-electron chi connectivity index (χ2n) is 3.33.